The molecule has 1 saturated carbocycles. The van der Waals surface area contributed by atoms with Gasteiger partial charge in [0.25, 0.3) is 5.91 Å². The second-order valence-corrected chi connectivity index (χ2v) is 5.20. The maximum absolute atomic E-state index is 13.2. The molecule has 0 aromatic heterocycles. The van der Waals surface area contributed by atoms with E-state index in [0.29, 0.717) is 5.92 Å². The zero-order valence-electron chi connectivity index (χ0n) is 9.45. The standard InChI is InChI=1S/C12H12ClFN2OS/c13-8-4-3-7(5-9(8)14)12(17)16-10(11(15)18)6-1-2-6/h3-6,10H,1-2H2,(H2,15,18)(H,16,17). The van der Waals surface area contributed by atoms with Crippen molar-refractivity contribution < 1.29 is 9.18 Å². The molecule has 0 heterocycles. The number of thiocarbonyl (C=S) groups is 1. The van der Waals surface area contributed by atoms with Crippen LogP contribution in [-0.2, 0) is 0 Å². The predicted octanol–water partition coefficient (Wildman–Crippen LogP) is 2.27. The highest BCUT2D eigenvalue weighted by atomic mass is 35.5. The monoisotopic (exact) mass is 286 g/mol. The lowest BCUT2D eigenvalue weighted by Crippen LogP contribution is -2.45. The largest absolute Gasteiger partial charge is 0.392 e. The molecule has 1 unspecified atom stereocenters. The van der Waals surface area contributed by atoms with E-state index in [1.807, 2.05) is 0 Å². The Hall–Kier alpha value is -1.20. The van der Waals surface area contributed by atoms with E-state index in [9.17, 15) is 9.18 Å². The Morgan fingerprint density at radius 1 is 1.56 bits per heavy atom. The van der Waals surface area contributed by atoms with Gasteiger partial charge in [0.1, 0.15) is 5.82 Å². The van der Waals surface area contributed by atoms with Gasteiger partial charge in [-0.15, -0.1) is 0 Å². The number of carbonyl (C=O) groups excluding carboxylic acids is 1. The number of benzene rings is 1. The van der Waals surface area contributed by atoms with Crippen LogP contribution in [0.3, 0.4) is 0 Å². The van der Waals surface area contributed by atoms with Gasteiger partial charge in [0.2, 0.25) is 0 Å². The van der Waals surface area contributed by atoms with Crippen LogP contribution < -0.4 is 11.1 Å². The molecular formula is C12H12ClFN2OS. The SMILES string of the molecule is NC(=S)C(NC(=O)c1ccc(Cl)c(F)c1)C1CC1. The first-order valence-electron chi connectivity index (χ1n) is 5.54. The Labute approximate surface area is 114 Å². The molecule has 0 spiro atoms. The minimum absolute atomic E-state index is 0.0142. The molecule has 1 aliphatic rings. The van der Waals surface area contributed by atoms with Crippen molar-refractivity contribution in [3.8, 4) is 0 Å². The first-order chi connectivity index (χ1) is 8.49. The fourth-order valence-corrected chi connectivity index (χ4v) is 2.08. The molecule has 3 N–H and O–H groups in total. The van der Waals surface area contributed by atoms with E-state index in [1.54, 1.807) is 0 Å². The second kappa shape index (κ2) is 5.20. The lowest BCUT2D eigenvalue weighted by atomic mass is 10.1. The van der Waals surface area contributed by atoms with E-state index in [-0.39, 0.29) is 21.6 Å². The molecule has 2 rings (SSSR count). The van der Waals surface area contributed by atoms with Gasteiger partial charge in [-0.1, -0.05) is 23.8 Å². The summed E-state index contributed by atoms with van der Waals surface area (Å²) in [6, 6.07) is 3.59. The number of halogens is 2. The molecule has 0 saturated heterocycles. The first-order valence-corrected chi connectivity index (χ1v) is 6.33. The third-order valence-electron chi connectivity index (χ3n) is 2.87. The molecule has 6 heteroatoms. The van der Waals surface area contributed by atoms with Crippen LogP contribution in [0.4, 0.5) is 4.39 Å². The molecule has 0 aliphatic heterocycles. The minimum Gasteiger partial charge on any atom is -0.392 e. The van der Waals surface area contributed by atoms with E-state index in [0.717, 1.165) is 18.9 Å². The predicted molar refractivity (Wildman–Crippen MR) is 72.2 cm³/mol. The summed E-state index contributed by atoms with van der Waals surface area (Å²) < 4.78 is 13.2. The van der Waals surface area contributed by atoms with Crippen LogP contribution >= 0.6 is 23.8 Å². The van der Waals surface area contributed by atoms with Gasteiger partial charge in [0.15, 0.2) is 0 Å². The summed E-state index contributed by atoms with van der Waals surface area (Å²) in [5.74, 6) is -0.707. The molecule has 1 aliphatic carbocycles. The van der Waals surface area contributed by atoms with Gasteiger partial charge in [-0.05, 0) is 37.0 Å². The van der Waals surface area contributed by atoms with Crippen LogP contribution in [0.25, 0.3) is 0 Å². The van der Waals surface area contributed by atoms with Gasteiger partial charge in [-0.25, -0.2) is 4.39 Å². The summed E-state index contributed by atoms with van der Waals surface area (Å²) in [6.45, 7) is 0. The highest BCUT2D eigenvalue weighted by Crippen LogP contribution is 2.33. The van der Waals surface area contributed by atoms with Crippen molar-refractivity contribution in [2.24, 2.45) is 11.7 Å². The average molecular weight is 287 g/mol. The van der Waals surface area contributed by atoms with Gasteiger partial charge in [-0.3, -0.25) is 4.79 Å². The Morgan fingerprint density at radius 2 is 2.22 bits per heavy atom. The highest BCUT2D eigenvalue weighted by molar-refractivity contribution is 7.80. The van der Waals surface area contributed by atoms with Crippen molar-refractivity contribution in [1.29, 1.82) is 0 Å². The van der Waals surface area contributed by atoms with Crippen LogP contribution in [0.5, 0.6) is 0 Å². The van der Waals surface area contributed by atoms with Gasteiger partial charge in [0.05, 0.1) is 16.1 Å². The zero-order chi connectivity index (χ0) is 13.3. The molecule has 3 nitrogen and oxygen atoms in total. The van der Waals surface area contributed by atoms with E-state index in [1.165, 1.54) is 12.1 Å². The van der Waals surface area contributed by atoms with Gasteiger partial charge in [0, 0.05) is 5.56 Å². The molecule has 18 heavy (non-hydrogen) atoms. The minimum atomic E-state index is -0.623. The third kappa shape index (κ3) is 2.97. The number of nitrogens with one attached hydrogen (secondary N) is 1. The Kier molecular flexibility index (Phi) is 3.82. The number of rotatable bonds is 4. The smallest absolute Gasteiger partial charge is 0.251 e. The molecule has 0 bridgehead atoms. The summed E-state index contributed by atoms with van der Waals surface area (Å²) in [4.78, 5) is 12.2. The van der Waals surface area contributed by atoms with Crippen molar-refractivity contribution in [2.75, 3.05) is 0 Å². The fraction of sp³-hybridized carbons (Fsp3) is 0.333. The quantitative estimate of drug-likeness (QED) is 0.835. The third-order valence-corrected chi connectivity index (χ3v) is 3.43. The van der Waals surface area contributed by atoms with Crippen LogP contribution in [0.15, 0.2) is 18.2 Å². The van der Waals surface area contributed by atoms with E-state index >= 15 is 0 Å². The van der Waals surface area contributed by atoms with Gasteiger partial charge >= 0.3 is 0 Å². The van der Waals surface area contributed by atoms with E-state index in [4.69, 9.17) is 29.6 Å². The van der Waals surface area contributed by atoms with Crippen LogP contribution in [0.1, 0.15) is 23.2 Å². The highest BCUT2D eigenvalue weighted by Gasteiger charge is 2.34. The molecule has 1 aromatic rings. The van der Waals surface area contributed by atoms with Crippen molar-refractivity contribution in [2.45, 2.75) is 18.9 Å². The van der Waals surface area contributed by atoms with Gasteiger partial charge < -0.3 is 11.1 Å². The number of carbonyl (C=O) groups is 1. The maximum Gasteiger partial charge on any atom is 0.251 e. The van der Waals surface area contributed by atoms with E-state index < -0.39 is 11.7 Å². The summed E-state index contributed by atoms with van der Waals surface area (Å²) in [5, 5.41) is 2.71. The maximum atomic E-state index is 13.2. The number of nitrogens with two attached hydrogens (primary N) is 1. The second-order valence-electron chi connectivity index (χ2n) is 4.32. The molecule has 1 atom stereocenters. The lowest BCUT2D eigenvalue weighted by Gasteiger charge is -2.16. The van der Waals surface area contributed by atoms with Crippen LogP contribution in [-0.4, -0.2) is 16.9 Å². The molecule has 1 amide bonds. The van der Waals surface area contributed by atoms with Crippen molar-refractivity contribution in [3.63, 3.8) is 0 Å². The molecular weight excluding hydrogens is 275 g/mol. The fourth-order valence-electron chi connectivity index (χ4n) is 1.71. The molecule has 96 valence electrons. The number of amides is 1. The Bertz CT molecular complexity index is 505. The molecule has 1 fully saturated rings. The van der Waals surface area contributed by atoms with Crippen LogP contribution in [0, 0.1) is 11.7 Å². The summed E-state index contributed by atoms with van der Waals surface area (Å²) in [5.41, 5.74) is 5.79. The lowest BCUT2D eigenvalue weighted by molar-refractivity contribution is 0.0943. The number of hydrogen-bond donors (Lipinski definition) is 2. The Morgan fingerprint density at radius 3 is 2.72 bits per heavy atom. The van der Waals surface area contributed by atoms with E-state index in [2.05, 4.69) is 5.32 Å². The molecule has 1 aromatic carbocycles. The van der Waals surface area contributed by atoms with Gasteiger partial charge in [-0.2, -0.15) is 0 Å². The van der Waals surface area contributed by atoms with Crippen molar-refractivity contribution in [1.82, 2.24) is 5.32 Å². The van der Waals surface area contributed by atoms with Crippen molar-refractivity contribution in [3.05, 3.63) is 34.6 Å². The number of hydrogen-bond acceptors (Lipinski definition) is 2. The topological polar surface area (TPSA) is 55.1 Å². The van der Waals surface area contributed by atoms with Crippen molar-refractivity contribution >= 4 is 34.7 Å². The zero-order valence-corrected chi connectivity index (χ0v) is 11.0. The average Bonchev–Trinajstić information content (AvgIpc) is 3.13. The summed E-state index contributed by atoms with van der Waals surface area (Å²) >= 11 is 10.5. The summed E-state index contributed by atoms with van der Waals surface area (Å²) in [7, 11) is 0. The first kappa shape index (κ1) is 13.2. The summed E-state index contributed by atoms with van der Waals surface area (Å²) in [6.07, 6.45) is 1.99. The van der Waals surface area contributed by atoms with Crippen LogP contribution in [0.2, 0.25) is 5.02 Å². The normalized spacial score (nSPS) is 16.1. The molecule has 0 radical (unpaired) electrons. The Balaban J connectivity index is 2.10.